The number of halogens is 1. The number of hydrogen-bond donors (Lipinski definition) is 1. The predicted molar refractivity (Wildman–Crippen MR) is 123 cm³/mol. The number of hydrogen-bond acceptors (Lipinski definition) is 3. The molecular weight excluding hydrogens is 407 g/mol. The fourth-order valence-corrected chi connectivity index (χ4v) is 4.19. The SMILES string of the molecule is CCC(C(=O)NC1CCCCC1)N(Cc1ccccc1C)C(=O)COc1ccc(F)cc1. The third kappa shape index (κ3) is 6.55. The molecule has 2 aromatic rings. The van der Waals surface area contributed by atoms with Gasteiger partial charge in [-0.2, -0.15) is 0 Å². The van der Waals surface area contributed by atoms with Crippen LogP contribution in [0, 0.1) is 12.7 Å². The van der Waals surface area contributed by atoms with Gasteiger partial charge in [0.2, 0.25) is 5.91 Å². The van der Waals surface area contributed by atoms with E-state index in [4.69, 9.17) is 4.74 Å². The Morgan fingerprint density at radius 1 is 1.09 bits per heavy atom. The van der Waals surface area contributed by atoms with Crippen LogP contribution in [0.25, 0.3) is 0 Å². The number of ether oxygens (including phenoxy) is 1. The lowest BCUT2D eigenvalue weighted by Crippen LogP contribution is -2.52. The molecule has 0 aromatic heterocycles. The first kappa shape index (κ1) is 23.8. The fraction of sp³-hybridized carbons (Fsp3) is 0.462. The van der Waals surface area contributed by atoms with Gasteiger partial charge in [0.15, 0.2) is 6.61 Å². The normalized spacial score (nSPS) is 15.1. The Labute approximate surface area is 190 Å². The number of aryl methyl sites for hydroxylation is 1. The Hall–Kier alpha value is -2.89. The molecule has 0 saturated heterocycles. The van der Waals surface area contributed by atoms with Crippen molar-refractivity contribution in [1.82, 2.24) is 10.2 Å². The molecule has 5 nitrogen and oxygen atoms in total. The molecule has 1 aliphatic rings. The maximum atomic E-state index is 13.2. The Kier molecular flexibility index (Phi) is 8.65. The molecule has 172 valence electrons. The Morgan fingerprint density at radius 3 is 2.44 bits per heavy atom. The highest BCUT2D eigenvalue weighted by Gasteiger charge is 2.30. The van der Waals surface area contributed by atoms with Crippen LogP contribution in [0.3, 0.4) is 0 Å². The van der Waals surface area contributed by atoms with E-state index in [1.54, 1.807) is 4.90 Å². The molecular formula is C26H33FN2O3. The largest absolute Gasteiger partial charge is 0.484 e. The number of carbonyl (C=O) groups excluding carboxylic acids is 2. The Morgan fingerprint density at radius 2 is 1.78 bits per heavy atom. The van der Waals surface area contributed by atoms with Crippen molar-refractivity contribution in [3.63, 3.8) is 0 Å². The number of carbonyl (C=O) groups is 2. The fourth-order valence-electron chi connectivity index (χ4n) is 4.19. The lowest BCUT2D eigenvalue weighted by atomic mass is 9.95. The summed E-state index contributed by atoms with van der Waals surface area (Å²) in [6, 6.07) is 13.0. The van der Waals surface area contributed by atoms with Crippen LogP contribution in [0.5, 0.6) is 5.75 Å². The number of nitrogens with zero attached hydrogens (tertiary/aromatic N) is 1. The van der Waals surface area contributed by atoms with E-state index < -0.39 is 6.04 Å². The highest BCUT2D eigenvalue weighted by Crippen LogP contribution is 2.20. The van der Waals surface area contributed by atoms with E-state index in [0.717, 1.165) is 36.8 Å². The zero-order valence-electron chi connectivity index (χ0n) is 19.0. The smallest absolute Gasteiger partial charge is 0.261 e. The summed E-state index contributed by atoms with van der Waals surface area (Å²) >= 11 is 0. The van der Waals surface area contributed by atoms with Gasteiger partial charge in [-0.1, -0.05) is 50.5 Å². The molecule has 32 heavy (non-hydrogen) atoms. The van der Waals surface area contributed by atoms with E-state index in [-0.39, 0.29) is 30.3 Å². The van der Waals surface area contributed by atoms with Crippen LogP contribution >= 0.6 is 0 Å². The second-order valence-corrected chi connectivity index (χ2v) is 8.46. The van der Waals surface area contributed by atoms with Crippen LogP contribution in [-0.4, -0.2) is 35.4 Å². The van der Waals surface area contributed by atoms with E-state index >= 15 is 0 Å². The van der Waals surface area contributed by atoms with Crippen molar-refractivity contribution in [2.75, 3.05) is 6.61 Å². The molecule has 1 unspecified atom stereocenters. The first-order valence-corrected chi connectivity index (χ1v) is 11.5. The summed E-state index contributed by atoms with van der Waals surface area (Å²) in [6.45, 7) is 4.03. The van der Waals surface area contributed by atoms with E-state index in [2.05, 4.69) is 5.32 Å². The zero-order valence-corrected chi connectivity index (χ0v) is 19.0. The number of amides is 2. The minimum Gasteiger partial charge on any atom is -0.484 e. The minimum atomic E-state index is -0.583. The second kappa shape index (κ2) is 11.7. The van der Waals surface area contributed by atoms with Gasteiger partial charge >= 0.3 is 0 Å². The first-order valence-electron chi connectivity index (χ1n) is 11.5. The van der Waals surface area contributed by atoms with Gasteiger partial charge in [0.05, 0.1) is 0 Å². The van der Waals surface area contributed by atoms with Crippen molar-refractivity contribution in [2.24, 2.45) is 0 Å². The highest BCUT2D eigenvalue weighted by molar-refractivity contribution is 5.88. The van der Waals surface area contributed by atoms with E-state index in [9.17, 15) is 14.0 Å². The molecule has 2 aromatic carbocycles. The third-order valence-corrected chi connectivity index (χ3v) is 6.12. The molecule has 0 bridgehead atoms. The van der Waals surface area contributed by atoms with E-state index in [1.807, 2.05) is 38.1 Å². The Bertz CT molecular complexity index is 894. The molecule has 1 aliphatic carbocycles. The van der Waals surface area contributed by atoms with Crippen LogP contribution in [0.2, 0.25) is 0 Å². The quantitative estimate of drug-likeness (QED) is 0.611. The zero-order chi connectivity index (χ0) is 22.9. The summed E-state index contributed by atoms with van der Waals surface area (Å²) < 4.78 is 18.8. The lowest BCUT2D eigenvalue weighted by Gasteiger charge is -2.33. The standard InChI is InChI=1S/C26H33FN2O3/c1-3-24(26(31)28-22-11-5-4-6-12-22)29(17-20-10-8-7-9-19(20)2)25(30)18-32-23-15-13-21(27)14-16-23/h7-10,13-16,22,24H,3-6,11-12,17-18H2,1-2H3,(H,28,31). The van der Waals surface area contributed by atoms with E-state index in [0.29, 0.717) is 18.7 Å². The topological polar surface area (TPSA) is 58.6 Å². The van der Waals surface area contributed by atoms with Gasteiger partial charge in [0.1, 0.15) is 17.6 Å². The molecule has 0 radical (unpaired) electrons. The summed E-state index contributed by atoms with van der Waals surface area (Å²) in [4.78, 5) is 28.0. The van der Waals surface area contributed by atoms with Crippen LogP contribution < -0.4 is 10.1 Å². The molecule has 0 aliphatic heterocycles. The van der Waals surface area contributed by atoms with Gasteiger partial charge in [0, 0.05) is 12.6 Å². The molecule has 1 fully saturated rings. The Balaban J connectivity index is 1.75. The van der Waals surface area contributed by atoms with Crippen LogP contribution in [-0.2, 0) is 16.1 Å². The average molecular weight is 441 g/mol. The molecule has 0 spiro atoms. The molecule has 2 amide bonds. The third-order valence-electron chi connectivity index (χ3n) is 6.12. The summed E-state index contributed by atoms with van der Waals surface area (Å²) in [5.41, 5.74) is 2.05. The molecule has 1 N–H and O–H groups in total. The minimum absolute atomic E-state index is 0.108. The van der Waals surface area contributed by atoms with Gasteiger partial charge in [-0.3, -0.25) is 9.59 Å². The summed E-state index contributed by atoms with van der Waals surface area (Å²) in [7, 11) is 0. The van der Waals surface area contributed by atoms with Gasteiger partial charge < -0.3 is 15.0 Å². The average Bonchev–Trinajstić information content (AvgIpc) is 2.80. The molecule has 1 saturated carbocycles. The number of nitrogens with one attached hydrogen (secondary N) is 1. The van der Waals surface area contributed by atoms with Crippen molar-refractivity contribution < 1.29 is 18.7 Å². The van der Waals surface area contributed by atoms with Crippen molar-refractivity contribution in [3.8, 4) is 5.75 Å². The maximum absolute atomic E-state index is 13.2. The van der Waals surface area contributed by atoms with Crippen molar-refractivity contribution >= 4 is 11.8 Å². The van der Waals surface area contributed by atoms with Gasteiger partial charge in [-0.25, -0.2) is 4.39 Å². The van der Waals surface area contributed by atoms with Gasteiger partial charge in [0.25, 0.3) is 5.91 Å². The number of rotatable bonds is 9. The van der Waals surface area contributed by atoms with Gasteiger partial charge in [-0.15, -0.1) is 0 Å². The highest BCUT2D eigenvalue weighted by atomic mass is 19.1. The predicted octanol–water partition coefficient (Wildman–Crippen LogP) is 4.77. The van der Waals surface area contributed by atoms with Crippen molar-refractivity contribution in [2.45, 2.75) is 71.0 Å². The molecule has 6 heteroatoms. The van der Waals surface area contributed by atoms with E-state index in [1.165, 1.54) is 30.7 Å². The lowest BCUT2D eigenvalue weighted by molar-refractivity contribution is -0.143. The summed E-state index contributed by atoms with van der Waals surface area (Å²) in [6.07, 6.45) is 5.94. The number of benzene rings is 2. The maximum Gasteiger partial charge on any atom is 0.261 e. The van der Waals surface area contributed by atoms with Crippen molar-refractivity contribution in [1.29, 1.82) is 0 Å². The monoisotopic (exact) mass is 440 g/mol. The molecule has 3 rings (SSSR count). The van der Waals surface area contributed by atoms with Crippen molar-refractivity contribution in [3.05, 3.63) is 65.5 Å². The van der Waals surface area contributed by atoms with Crippen LogP contribution in [0.1, 0.15) is 56.6 Å². The summed E-state index contributed by atoms with van der Waals surface area (Å²) in [5.74, 6) is -0.336. The molecule has 1 atom stereocenters. The molecule has 0 heterocycles. The first-order chi connectivity index (χ1) is 15.5. The van der Waals surface area contributed by atoms with Gasteiger partial charge in [-0.05, 0) is 61.6 Å². The second-order valence-electron chi connectivity index (χ2n) is 8.46. The summed E-state index contributed by atoms with van der Waals surface area (Å²) in [5, 5.41) is 3.17. The van der Waals surface area contributed by atoms with Crippen LogP contribution in [0.15, 0.2) is 48.5 Å². The van der Waals surface area contributed by atoms with Crippen LogP contribution in [0.4, 0.5) is 4.39 Å².